The monoisotopic (exact) mass is 217 g/mol. The molecule has 0 radical (unpaired) electrons. The predicted octanol–water partition coefficient (Wildman–Crippen LogP) is 0.510. The largest absolute Gasteiger partial charge is 0.409 e. The van der Waals surface area contributed by atoms with Crippen LogP contribution >= 0.6 is 0 Å². The van der Waals surface area contributed by atoms with E-state index in [9.17, 15) is 0 Å². The Hall–Kier alpha value is -0.810. The Morgan fingerprint density at radius 1 is 1.53 bits per heavy atom. The van der Waals surface area contributed by atoms with Crippen LogP contribution in [0.25, 0.3) is 0 Å². The minimum Gasteiger partial charge on any atom is -0.409 e. The van der Waals surface area contributed by atoms with Crippen LogP contribution in [0.1, 0.15) is 33.1 Å². The fourth-order valence-electron chi connectivity index (χ4n) is 1.35. The van der Waals surface area contributed by atoms with Crippen LogP contribution in [0.3, 0.4) is 0 Å². The van der Waals surface area contributed by atoms with Crippen molar-refractivity contribution < 1.29 is 10.3 Å². The van der Waals surface area contributed by atoms with Crippen molar-refractivity contribution in [3.8, 4) is 0 Å². The van der Waals surface area contributed by atoms with Gasteiger partial charge in [-0.2, -0.15) is 0 Å². The van der Waals surface area contributed by atoms with E-state index < -0.39 is 0 Å². The second-order valence-corrected chi connectivity index (χ2v) is 3.87. The second-order valence-electron chi connectivity index (χ2n) is 3.87. The van der Waals surface area contributed by atoms with Gasteiger partial charge in [0.1, 0.15) is 0 Å². The molecule has 0 amide bonds. The van der Waals surface area contributed by atoms with Crippen molar-refractivity contribution >= 4 is 5.84 Å². The summed E-state index contributed by atoms with van der Waals surface area (Å²) in [7, 11) is 0. The molecule has 0 aliphatic rings. The van der Waals surface area contributed by atoms with Gasteiger partial charge in [-0.15, -0.1) is 0 Å². The molecule has 0 aliphatic heterocycles. The van der Waals surface area contributed by atoms with E-state index in [1.54, 1.807) is 0 Å². The van der Waals surface area contributed by atoms with E-state index in [0.717, 1.165) is 25.8 Å². The van der Waals surface area contributed by atoms with Crippen molar-refractivity contribution in [3.63, 3.8) is 0 Å². The second kappa shape index (κ2) is 8.49. The number of nitrogens with one attached hydrogen (secondary N) is 1. The zero-order valence-corrected chi connectivity index (χ0v) is 9.61. The summed E-state index contributed by atoms with van der Waals surface area (Å²) < 4.78 is 0. The topological polar surface area (TPSA) is 90.9 Å². The molecular formula is C10H23N3O2. The Kier molecular flexibility index (Phi) is 8.04. The number of aliphatic hydroxyl groups excluding tert-OH is 1. The van der Waals surface area contributed by atoms with Crippen LogP contribution in [0.5, 0.6) is 0 Å². The van der Waals surface area contributed by atoms with Crippen molar-refractivity contribution in [2.75, 3.05) is 13.2 Å². The van der Waals surface area contributed by atoms with Crippen LogP contribution in [0, 0.1) is 5.92 Å². The van der Waals surface area contributed by atoms with E-state index >= 15 is 0 Å². The summed E-state index contributed by atoms with van der Waals surface area (Å²) in [4.78, 5) is 0. The number of amidine groups is 1. The first-order valence-electron chi connectivity index (χ1n) is 5.47. The van der Waals surface area contributed by atoms with Crippen molar-refractivity contribution in [1.29, 1.82) is 0 Å². The molecule has 0 heterocycles. The summed E-state index contributed by atoms with van der Waals surface area (Å²) in [6.07, 6.45) is 2.76. The van der Waals surface area contributed by atoms with E-state index in [-0.39, 0.29) is 18.5 Å². The SMILES string of the molecule is CCC(NCCCC(C)CO)C(N)=NO. The van der Waals surface area contributed by atoms with Crippen LogP contribution < -0.4 is 11.1 Å². The highest BCUT2D eigenvalue weighted by atomic mass is 16.4. The number of nitrogens with zero attached hydrogens (tertiary/aromatic N) is 1. The highest BCUT2D eigenvalue weighted by Gasteiger charge is 2.10. The van der Waals surface area contributed by atoms with Gasteiger partial charge in [-0.3, -0.25) is 0 Å². The molecule has 0 saturated heterocycles. The molecule has 0 fully saturated rings. The van der Waals surface area contributed by atoms with Gasteiger partial charge in [0.2, 0.25) is 0 Å². The Labute approximate surface area is 91.4 Å². The standard InChI is InChI=1S/C10H23N3O2/c1-3-9(10(11)13-15)12-6-4-5-8(2)7-14/h8-9,12,14-15H,3-7H2,1-2H3,(H2,11,13). The summed E-state index contributed by atoms with van der Waals surface area (Å²) in [5, 5.41) is 23.5. The molecular weight excluding hydrogens is 194 g/mol. The predicted molar refractivity (Wildman–Crippen MR) is 61.0 cm³/mol. The fraction of sp³-hybridized carbons (Fsp3) is 0.900. The number of oxime groups is 1. The molecule has 0 aromatic carbocycles. The smallest absolute Gasteiger partial charge is 0.156 e. The number of rotatable bonds is 8. The Bertz CT molecular complexity index is 186. The van der Waals surface area contributed by atoms with Crippen molar-refractivity contribution in [3.05, 3.63) is 0 Å². The molecule has 15 heavy (non-hydrogen) atoms. The first-order chi connectivity index (χ1) is 7.15. The lowest BCUT2D eigenvalue weighted by atomic mass is 10.1. The molecule has 0 aliphatic carbocycles. The lowest BCUT2D eigenvalue weighted by molar-refractivity contribution is 0.228. The van der Waals surface area contributed by atoms with Gasteiger partial charge in [0.05, 0.1) is 6.04 Å². The number of hydrogen-bond donors (Lipinski definition) is 4. The molecule has 0 rings (SSSR count). The summed E-state index contributed by atoms with van der Waals surface area (Å²) in [6.45, 7) is 5.05. The van der Waals surface area contributed by atoms with Crippen LogP contribution in [0.4, 0.5) is 0 Å². The molecule has 2 atom stereocenters. The van der Waals surface area contributed by atoms with Gasteiger partial charge in [-0.05, 0) is 31.7 Å². The number of aliphatic hydroxyl groups is 1. The zero-order chi connectivity index (χ0) is 11.7. The average Bonchev–Trinajstić information content (AvgIpc) is 2.27. The van der Waals surface area contributed by atoms with Crippen molar-refractivity contribution in [2.24, 2.45) is 16.8 Å². The van der Waals surface area contributed by atoms with Crippen LogP contribution in [-0.2, 0) is 0 Å². The third-order valence-electron chi connectivity index (χ3n) is 2.46. The molecule has 5 nitrogen and oxygen atoms in total. The maximum atomic E-state index is 8.82. The molecule has 0 spiro atoms. The van der Waals surface area contributed by atoms with Gasteiger partial charge in [0.25, 0.3) is 0 Å². The maximum absolute atomic E-state index is 8.82. The summed E-state index contributed by atoms with van der Waals surface area (Å²) in [5.41, 5.74) is 5.49. The first kappa shape index (κ1) is 14.2. The van der Waals surface area contributed by atoms with E-state index in [2.05, 4.69) is 10.5 Å². The van der Waals surface area contributed by atoms with Crippen molar-refractivity contribution in [1.82, 2.24) is 5.32 Å². The quantitative estimate of drug-likeness (QED) is 0.157. The Balaban J connectivity index is 3.64. The highest BCUT2D eigenvalue weighted by Crippen LogP contribution is 2.03. The van der Waals surface area contributed by atoms with Gasteiger partial charge >= 0.3 is 0 Å². The molecule has 5 N–H and O–H groups in total. The summed E-state index contributed by atoms with van der Waals surface area (Å²) in [5.74, 6) is 0.573. The third-order valence-corrected chi connectivity index (χ3v) is 2.46. The zero-order valence-electron chi connectivity index (χ0n) is 9.61. The average molecular weight is 217 g/mol. The van der Waals surface area contributed by atoms with Gasteiger partial charge in [-0.25, -0.2) is 0 Å². The Morgan fingerprint density at radius 2 is 2.20 bits per heavy atom. The molecule has 5 heteroatoms. The van der Waals surface area contributed by atoms with E-state index in [4.69, 9.17) is 16.0 Å². The van der Waals surface area contributed by atoms with Gasteiger partial charge in [0, 0.05) is 6.61 Å². The molecule has 90 valence electrons. The van der Waals surface area contributed by atoms with Crippen LogP contribution in [0.2, 0.25) is 0 Å². The maximum Gasteiger partial charge on any atom is 0.156 e. The van der Waals surface area contributed by atoms with E-state index in [1.807, 2.05) is 13.8 Å². The lowest BCUT2D eigenvalue weighted by Crippen LogP contribution is -2.41. The van der Waals surface area contributed by atoms with Gasteiger partial charge in [0.15, 0.2) is 5.84 Å². The number of nitrogens with two attached hydrogens (primary N) is 1. The molecule has 2 unspecified atom stereocenters. The molecule has 0 saturated carbocycles. The Morgan fingerprint density at radius 3 is 2.67 bits per heavy atom. The molecule has 0 bridgehead atoms. The summed E-state index contributed by atoms with van der Waals surface area (Å²) >= 11 is 0. The molecule has 0 aromatic heterocycles. The minimum atomic E-state index is -0.0561. The van der Waals surface area contributed by atoms with Gasteiger partial charge in [-0.1, -0.05) is 19.0 Å². The third kappa shape index (κ3) is 6.30. The van der Waals surface area contributed by atoms with Crippen molar-refractivity contribution in [2.45, 2.75) is 39.2 Å². The molecule has 0 aromatic rings. The number of hydrogen-bond acceptors (Lipinski definition) is 4. The normalized spacial score (nSPS) is 16.3. The lowest BCUT2D eigenvalue weighted by Gasteiger charge is -2.15. The van der Waals surface area contributed by atoms with Gasteiger partial charge < -0.3 is 21.4 Å². The van der Waals surface area contributed by atoms with Crippen LogP contribution in [-0.4, -0.2) is 35.3 Å². The van der Waals surface area contributed by atoms with E-state index in [0.29, 0.717) is 5.92 Å². The van der Waals surface area contributed by atoms with E-state index in [1.165, 1.54) is 0 Å². The minimum absolute atomic E-state index is 0.0561. The highest BCUT2D eigenvalue weighted by molar-refractivity contribution is 5.85. The fourth-order valence-corrected chi connectivity index (χ4v) is 1.35. The summed E-state index contributed by atoms with van der Waals surface area (Å²) in [6, 6.07) is -0.0561. The van der Waals surface area contributed by atoms with Crippen LogP contribution in [0.15, 0.2) is 5.16 Å². The first-order valence-corrected chi connectivity index (χ1v) is 5.47.